The van der Waals surface area contributed by atoms with Crippen molar-refractivity contribution >= 4 is 18.7 Å². The van der Waals surface area contributed by atoms with Crippen molar-refractivity contribution in [3.8, 4) is 5.75 Å². The standard InChI is InChI=1S/C34H29BF2N6O/c1-44-23-12-10-22(11-13-23)32(28-14-15-29(42-28)33(24-6-2-18-38-24)25-7-3-19-39-25)30-16-17-31(43(30)35(36)37)34(26-8-4-20-40-26)27-9-5-21-41-27/h2-21,33-34,38-41H,1H3/b32-28-. The first-order valence-electron chi connectivity index (χ1n) is 14.3. The zero-order chi connectivity index (χ0) is 30.0. The Labute approximate surface area is 253 Å². The average molecular weight is 586 g/mol. The number of rotatable bonds is 10. The third-order valence-electron chi connectivity index (χ3n) is 8.02. The summed E-state index contributed by atoms with van der Waals surface area (Å²) in [5, 5.41) is 0. The second kappa shape index (κ2) is 11.6. The van der Waals surface area contributed by atoms with Gasteiger partial charge in [0, 0.05) is 64.5 Å². The first kappa shape index (κ1) is 27.3. The Morgan fingerprint density at radius 2 is 1.25 bits per heavy atom. The lowest BCUT2D eigenvalue weighted by atomic mass is 9.95. The fraction of sp³-hybridized carbons (Fsp3) is 0.0882. The highest BCUT2D eigenvalue weighted by Crippen LogP contribution is 2.39. The van der Waals surface area contributed by atoms with Crippen LogP contribution >= 0.6 is 0 Å². The van der Waals surface area contributed by atoms with Gasteiger partial charge in [0.25, 0.3) is 0 Å². The second-order valence-corrected chi connectivity index (χ2v) is 10.5. The third-order valence-corrected chi connectivity index (χ3v) is 8.02. The molecule has 0 atom stereocenters. The minimum atomic E-state index is -2.81. The topological polar surface area (TPSA) is 89.7 Å². The minimum absolute atomic E-state index is 0.187. The molecule has 0 fully saturated rings. The number of nitrogens with zero attached hydrogens (tertiary/aromatic N) is 2. The Morgan fingerprint density at radius 3 is 1.73 bits per heavy atom. The molecule has 6 heterocycles. The Kier molecular flexibility index (Phi) is 7.23. The molecule has 1 aliphatic rings. The van der Waals surface area contributed by atoms with Gasteiger partial charge in [-0.1, -0.05) is 12.1 Å². The van der Waals surface area contributed by atoms with E-state index in [1.165, 1.54) is 0 Å². The van der Waals surface area contributed by atoms with E-state index in [0.29, 0.717) is 28.4 Å². The van der Waals surface area contributed by atoms with Crippen LogP contribution in [-0.2, 0) is 0 Å². The van der Waals surface area contributed by atoms with E-state index in [4.69, 9.17) is 9.73 Å². The minimum Gasteiger partial charge on any atom is -0.497 e. The number of allylic oxidation sites excluding steroid dienone is 2. The van der Waals surface area contributed by atoms with E-state index in [1.54, 1.807) is 31.6 Å². The molecule has 218 valence electrons. The third kappa shape index (κ3) is 4.94. The number of nitrogens with one attached hydrogen (secondary N) is 4. The lowest BCUT2D eigenvalue weighted by Gasteiger charge is -2.20. The number of ether oxygens (including phenoxy) is 1. The molecular formula is C34H29BF2N6O. The molecule has 7 nitrogen and oxygen atoms in total. The molecule has 0 radical (unpaired) electrons. The quantitative estimate of drug-likeness (QED) is 0.124. The normalized spacial score (nSPS) is 14.1. The molecule has 0 saturated carbocycles. The molecule has 1 aromatic carbocycles. The lowest BCUT2D eigenvalue weighted by molar-refractivity contribution is 0.415. The van der Waals surface area contributed by atoms with Crippen LogP contribution in [0.5, 0.6) is 5.75 Å². The van der Waals surface area contributed by atoms with Gasteiger partial charge in [-0.3, -0.25) is 13.6 Å². The van der Waals surface area contributed by atoms with E-state index >= 15 is 8.63 Å². The highest BCUT2D eigenvalue weighted by molar-refractivity contribution is 6.41. The predicted octanol–water partition coefficient (Wildman–Crippen LogP) is 7.36. The Hall–Kier alpha value is -5.51. The molecule has 0 bridgehead atoms. The number of benzene rings is 1. The molecule has 0 aliphatic carbocycles. The molecular weight excluding hydrogens is 557 g/mol. The maximum Gasteiger partial charge on any atom is 0.677 e. The molecule has 10 heteroatoms. The van der Waals surface area contributed by atoms with E-state index in [-0.39, 0.29) is 5.92 Å². The monoisotopic (exact) mass is 586 g/mol. The van der Waals surface area contributed by atoms with Gasteiger partial charge in [-0.15, -0.1) is 0 Å². The fourth-order valence-electron chi connectivity index (χ4n) is 6.05. The van der Waals surface area contributed by atoms with Crippen molar-refractivity contribution in [1.82, 2.24) is 24.4 Å². The van der Waals surface area contributed by atoms with Crippen molar-refractivity contribution in [2.45, 2.75) is 11.8 Å². The molecule has 0 amide bonds. The second-order valence-electron chi connectivity index (χ2n) is 10.5. The molecule has 1 aliphatic heterocycles. The predicted molar refractivity (Wildman–Crippen MR) is 169 cm³/mol. The van der Waals surface area contributed by atoms with Gasteiger partial charge in [-0.05, 0) is 90.5 Å². The number of halogens is 2. The van der Waals surface area contributed by atoms with Crippen LogP contribution in [0, 0.1) is 0 Å². The van der Waals surface area contributed by atoms with Crippen LogP contribution in [-0.4, -0.2) is 44.6 Å². The van der Waals surface area contributed by atoms with Crippen LogP contribution in [0.25, 0.3) is 5.57 Å². The van der Waals surface area contributed by atoms with Crippen molar-refractivity contribution in [3.05, 3.63) is 167 Å². The highest BCUT2D eigenvalue weighted by Gasteiger charge is 2.33. The number of hydrogen-bond donors (Lipinski definition) is 4. The maximum atomic E-state index is 15.3. The van der Waals surface area contributed by atoms with Gasteiger partial charge in [0.1, 0.15) is 5.75 Å². The van der Waals surface area contributed by atoms with E-state index in [1.807, 2.05) is 97.3 Å². The number of methoxy groups -OCH3 is 1. The van der Waals surface area contributed by atoms with Gasteiger partial charge < -0.3 is 29.2 Å². The van der Waals surface area contributed by atoms with E-state index in [2.05, 4.69) is 19.9 Å². The average Bonchev–Trinajstić information content (AvgIpc) is 3.89. The molecule has 6 aromatic rings. The summed E-state index contributed by atoms with van der Waals surface area (Å²) in [4.78, 5) is 18.2. The molecule has 4 N–H and O–H groups in total. The van der Waals surface area contributed by atoms with Gasteiger partial charge in [-0.2, -0.15) is 0 Å². The first-order valence-corrected chi connectivity index (χ1v) is 14.3. The maximum absolute atomic E-state index is 15.3. The SMILES string of the molecule is COc1ccc(/C(=C2\C=CC(C(c3ccc[nH]3)c3ccc[nH]3)=N2)c2ccc(C(c3ccc[nH]3)c3ccc[nH]3)n2B(F)F)cc1. The zero-order valence-electron chi connectivity index (χ0n) is 23.8. The van der Waals surface area contributed by atoms with Crippen molar-refractivity contribution in [2.75, 3.05) is 7.11 Å². The van der Waals surface area contributed by atoms with E-state index in [0.717, 1.165) is 38.5 Å². The summed E-state index contributed by atoms with van der Waals surface area (Å²) in [6, 6.07) is 26.5. The van der Waals surface area contributed by atoms with Crippen molar-refractivity contribution in [3.63, 3.8) is 0 Å². The van der Waals surface area contributed by atoms with Gasteiger partial charge in [0.15, 0.2) is 0 Å². The van der Waals surface area contributed by atoms with Gasteiger partial charge in [0.05, 0.1) is 30.4 Å². The van der Waals surface area contributed by atoms with Crippen LogP contribution in [0.1, 0.15) is 51.6 Å². The summed E-state index contributed by atoms with van der Waals surface area (Å²) in [5.74, 6) is 0.0212. The number of H-pyrrole nitrogens is 4. The summed E-state index contributed by atoms with van der Waals surface area (Å²) in [7, 11) is -1.21. The molecule has 7 rings (SSSR count). The van der Waals surface area contributed by atoms with Gasteiger partial charge in [-0.25, -0.2) is 0 Å². The van der Waals surface area contributed by atoms with Crippen molar-refractivity contribution in [2.24, 2.45) is 4.99 Å². The summed E-state index contributed by atoms with van der Waals surface area (Å²) in [6.45, 7) is 0. The van der Waals surface area contributed by atoms with E-state index in [9.17, 15) is 0 Å². The Bertz CT molecular complexity index is 1850. The van der Waals surface area contributed by atoms with Crippen molar-refractivity contribution in [1.29, 1.82) is 0 Å². The molecule has 5 aromatic heterocycles. The van der Waals surface area contributed by atoms with Crippen LogP contribution in [0.4, 0.5) is 8.63 Å². The lowest BCUT2D eigenvalue weighted by Crippen LogP contribution is -2.22. The summed E-state index contributed by atoms with van der Waals surface area (Å²) >= 11 is 0. The number of hydrogen-bond acceptors (Lipinski definition) is 2. The van der Waals surface area contributed by atoms with Crippen LogP contribution < -0.4 is 4.74 Å². The fourth-order valence-corrected chi connectivity index (χ4v) is 6.05. The summed E-state index contributed by atoms with van der Waals surface area (Å²) in [5.41, 5.74) is 7.10. The molecule has 0 saturated heterocycles. The van der Waals surface area contributed by atoms with Crippen molar-refractivity contribution < 1.29 is 13.4 Å². The van der Waals surface area contributed by atoms with Gasteiger partial charge in [0.2, 0.25) is 0 Å². The first-order chi connectivity index (χ1) is 21.6. The number of aliphatic imine (C=N–C) groups is 1. The highest BCUT2D eigenvalue weighted by atomic mass is 19.2. The van der Waals surface area contributed by atoms with Crippen LogP contribution in [0.2, 0.25) is 0 Å². The van der Waals surface area contributed by atoms with Crippen LogP contribution in [0.3, 0.4) is 0 Å². The largest absolute Gasteiger partial charge is 0.677 e. The smallest absolute Gasteiger partial charge is 0.497 e. The van der Waals surface area contributed by atoms with Gasteiger partial charge >= 0.3 is 7.40 Å². The zero-order valence-corrected chi connectivity index (χ0v) is 23.8. The van der Waals surface area contributed by atoms with Crippen LogP contribution in [0.15, 0.2) is 133 Å². The molecule has 44 heavy (non-hydrogen) atoms. The summed E-state index contributed by atoms with van der Waals surface area (Å²) < 4.78 is 37.0. The van der Waals surface area contributed by atoms with E-state index < -0.39 is 13.3 Å². The Morgan fingerprint density at radius 1 is 0.705 bits per heavy atom. The molecule has 0 spiro atoms. The summed E-state index contributed by atoms with van der Waals surface area (Å²) in [6.07, 6.45) is 11.2. The molecule has 0 unspecified atom stereocenters. The number of aromatic nitrogens is 5. The number of aromatic amines is 4. The Balaban J connectivity index is 1.43.